The Hall–Kier alpha value is -2.34. The average molecular weight is 388 g/mol. The van der Waals surface area contributed by atoms with E-state index in [-0.39, 0.29) is 11.7 Å². The predicted molar refractivity (Wildman–Crippen MR) is 97.8 cm³/mol. The van der Waals surface area contributed by atoms with Crippen LogP contribution in [0.2, 0.25) is 0 Å². The fourth-order valence-corrected chi connectivity index (χ4v) is 3.38. The Morgan fingerprint density at radius 2 is 2.08 bits per heavy atom. The van der Waals surface area contributed by atoms with E-state index in [1.54, 1.807) is 18.2 Å². The Balaban J connectivity index is 2.09. The lowest BCUT2D eigenvalue weighted by molar-refractivity contribution is 0.102. The number of nitrogens with one attached hydrogen (secondary N) is 1. The summed E-state index contributed by atoms with van der Waals surface area (Å²) in [5, 5.41) is 12.4. The summed E-state index contributed by atoms with van der Waals surface area (Å²) in [5.74, 6) is -0.0419. The molecule has 0 spiro atoms. The van der Waals surface area contributed by atoms with E-state index in [1.165, 1.54) is 0 Å². The molecule has 0 saturated carbocycles. The number of pyridine rings is 1. The third-order valence-corrected chi connectivity index (χ3v) is 4.48. The van der Waals surface area contributed by atoms with Crippen molar-refractivity contribution in [1.82, 2.24) is 9.38 Å². The number of imidazole rings is 1. The topological polar surface area (TPSA) is 66.6 Å². The Morgan fingerprint density at radius 1 is 1.33 bits per heavy atom. The quantitative estimate of drug-likeness (QED) is 0.660. The first kappa shape index (κ1) is 16.5. The van der Waals surface area contributed by atoms with Gasteiger partial charge in [-0.1, -0.05) is 6.92 Å². The first-order valence-electron chi connectivity index (χ1n) is 7.68. The number of rotatable bonds is 3. The molecule has 2 N–H and O–H groups in total. The van der Waals surface area contributed by atoms with E-state index in [4.69, 9.17) is 0 Å². The summed E-state index contributed by atoms with van der Waals surface area (Å²) in [6.45, 7) is 5.79. The lowest BCUT2D eigenvalue weighted by atomic mass is 10.1. The third kappa shape index (κ3) is 2.89. The van der Waals surface area contributed by atoms with Gasteiger partial charge in [0, 0.05) is 11.9 Å². The van der Waals surface area contributed by atoms with Crippen LogP contribution in [0.4, 0.5) is 5.69 Å². The minimum absolute atomic E-state index is 0.175. The number of nitrogens with zero attached hydrogens (tertiary/aromatic N) is 2. The van der Waals surface area contributed by atoms with Gasteiger partial charge in [0.05, 0.1) is 10.2 Å². The largest absolute Gasteiger partial charge is 0.508 e. The van der Waals surface area contributed by atoms with Gasteiger partial charge in [-0.05, 0) is 71.6 Å². The van der Waals surface area contributed by atoms with Crippen molar-refractivity contribution in [3.63, 3.8) is 0 Å². The SMILES string of the molecule is CCc1nc2c(Br)cc(C)cn2c1C(=O)Nc1ccc(O)cc1C. The van der Waals surface area contributed by atoms with E-state index < -0.39 is 0 Å². The van der Waals surface area contributed by atoms with Crippen molar-refractivity contribution < 1.29 is 9.90 Å². The zero-order valence-electron chi connectivity index (χ0n) is 13.7. The smallest absolute Gasteiger partial charge is 0.274 e. The number of hydrogen-bond acceptors (Lipinski definition) is 3. The van der Waals surface area contributed by atoms with Crippen LogP contribution < -0.4 is 5.32 Å². The van der Waals surface area contributed by atoms with Crippen LogP contribution in [0.1, 0.15) is 34.2 Å². The van der Waals surface area contributed by atoms with Gasteiger partial charge in [0.1, 0.15) is 11.4 Å². The molecule has 0 saturated heterocycles. The van der Waals surface area contributed by atoms with E-state index in [9.17, 15) is 9.90 Å². The van der Waals surface area contributed by atoms with Crippen molar-refractivity contribution in [3.05, 3.63) is 57.4 Å². The van der Waals surface area contributed by atoms with Gasteiger partial charge in [-0.25, -0.2) is 4.98 Å². The second-order valence-corrected chi connectivity index (χ2v) is 6.63. The lowest BCUT2D eigenvalue weighted by Crippen LogP contribution is -2.17. The van der Waals surface area contributed by atoms with E-state index >= 15 is 0 Å². The highest BCUT2D eigenvalue weighted by atomic mass is 79.9. The second-order valence-electron chi connectivity index (χ2n) is 5.77. The number of benzene rings is 1. The number of aromatic hydroxyl groups is 1. The number of carbonyl (C=O) groups excluding carboxylic acids is 1. The van der Waals surface area contributed by atoms with Crippen molar-refractivity contribution >= 4 is 33.2 Å². The van der Waals surface area contributed by atoms with Crippen LogP contribution in [0.5, 0.6) is 5.75 Å². The Labute approximate surface area is 148 Å². The minimum Gasteiger partial charge on any atom is -0.508 e. The number of halogens is 1. The molecule has 3 aromatic rings. The molecule has 1 amide bonds. The predicted octanol–water partition coefficient (Wildman–Crippen LogP) is 4.23. The number of carbonyl (C=O) groups is 1. The molecule has 0 radical (unpaired) electrons. The molecule has 0 aliphatic rings. The number of phenols is 1. The first-order chi connectivity index (χ1) is 11.4. The summed E-state index contributed by atoms with van der Waals surface area (Å²) in [6, 6.07) is 6.84. The molecule has 3 rings (SSSR count). The van der Waals surface area contributed by atoms with Crippen molar-refractivity contribution in [2.24, 2.45) is 0 Å². The molecule has 6 heteroatoms. The van der Waals surface area contributed by atoms with Crippen molar-refractivity contribution in [3.8, 4) is 5.75 Å². The van der Waals surface area contributed by atoms with Crippen LogP contribution in [-0.4, -0.2) is 20.4 Å². The molecule has 0 bridgehead atoms. The molecule has 0 fully saturated rings. The maximum absolute atomic E-state index is 12.9. The lowest BCUT2D eigenvalue weighted by Gasteiger charge is -2.10. The molecule has 2 heterocycles. The standard InChI is InChI=1S/C18H18BrN3O2/c1-4-14-16(22-9-10(2)7-13(19)17(22)20-14)18(24)21-15-6-5-12(23)8-11(15)3/h5-9,23H,4H2,1-3H3,(H,21,24). The fourth-order valence-electron chi connectivity index (χ4n) is 2.74. The van der Waals surface area contributed by atoms with Gasteiger partial charge >= 0.3 is 0 Å². The van der Waals surface area contributed by atoms with Crippen LogP contribution in [0.25, 0.3) is 5.65 Å². The molecule has 2 aromatic heterocycles. The molecular formula is C18H18BrN3O2. The van der Waals surface area contributed by atoms with Crippen molar-refractivity contribution in [1.29, 1.82) is 0 Å². The molecule has 0 aliphatic heterocycles. The van der Waals surface area contributed by atoms with E-state index in [2.05, 4.69) is 26.2 Å². The highest BCUT2D eigenvalue weighted by Crippen LogP contribution is 2.25. The van der Waals surface area contributed by atoms with Crippen molar-refractivity contribution in [2.75, 3.05) is 5.32 Å². The number of phenolic OH excluding ortho intramolecular Hbond substituents is 1. The molecule has 124 valence electrons. The molecule has 5 nitrogen and oxygen atoms in total. The Morgan fingerprint density at radius 3 is 2.75 bits per heavy atom. The van der Waals surface area contributed by atoms with Crippen molar-refractivity contribution in [2.45, 2.75) is 27.2 Å². The van der Waals surface area contributed by atoms with E-state index in [1.807, 2.05) is 37.4 Å². The molecule has 0 aliphatic carbocycles. The van der Waals surface area contributed by atoms with Gasteiger partial charge in [-0.15, -0.1) is 0 Å². The number of hydrogen-bond donors (Lipinski definition) is 2. The van der Waals surface area contributed by atoms with Crippen LogP contribution in [-0.2, 0) is 6.42 Å². The summed E-state index contributed by atoms with van der Waals surface area (Å²) in [6.07, 6.45) is 2.56. The fraction of sp³-hybridized carbons (Fsp3) is 0.222. The summed E-state index contributed by atoms with van der Waals surface area (Å²) in [4.78, 5) is 17.5. The summed E-state index contributed by atoms with van der Waals surface area (Å²) in [7, 11) is 0. The van der Waals surface area contributed by atoms with Gasteiger partial charge in [-0.3, -0.25) is 9.20 Å². The average Bonchev–Trinajstić information content (AvgIpc) is 2.88. The number of amides is 1. The second kappa shape index (κ2) is 6.28. The maximum atomic E-state index is 12.9. The highest BCUT2D eigenvalue weighted by Gasteiger charge is 2.20. The Kier molecular flexibility index (Phi) is 4.32. The van der Waals surface area contributed by atoms with Gasteiger partial charge in [0.15, 0.2) is 5.65 Å². The monoisotopic (exact) mass is 387 g/mol. The molecule has 24 heavy (non-hydrogen) atoms. The Bertz CT molecular complexity index is 947. The van der Waals surface area contributed by atoms with Crippen LogP contribution in [0, 0.1) is 13.8 Å². The third-order valence-electron chi connectivity index (χ3n) is 3.89. The van der Waals surface area contributed by atoms with Crippen LogP contribution in [0.3, 0.4) is 0 Å². The van der Waals surface area contributed by atoms with Gasteiger partial charge in [0.2, 0.25) is 0 Å². The minimum atomic E-state index is -0.217. The van der Waals surface area contributed by atoms with E-state index in [0.29, 0.717) is 17.8 Å². The number of fused-ring (bicyclic) bond motifs is 1. The van der Waals surface area contributed by atoms with Gasteiger partial charge < -0.3 is 10.4 Å². The first-order valence-corrected chi connectivity index (χ1v) is 8.48. The molecular weight excluding hydrogens is 370 g/mol. The number of anilines is 1. The molecule has 0 atom stereocenters. The zero-order chi connectivity index (χ0) is 17.4. The summed E-state index contributed by atoms with van der Waals surface area (Å²) < 4.78 is 2.68. The number of aromatic nitrogens is 2. The van der Waals surface area contributed by atoms with Crippen LogP contribution >= 0.6 is 15.9 Å². The zero-order valence-corrected chi connectivity index (χ0v) is 15.3. The highest BCUT2D eigenvalue weighted by molar-refractivity contribution is 9.10. The molecule has 0 unspecified atom stereocenters. The number of aryl methyl sites for hydroxylation is 3. The maximum Gasteiger partial charge on any atom is 0.274 e. The summed E-state index contributed by atoms with van der Waals surface area (Å²) in [5.41, 5.74) is 4.50. The van der Waals surface area contributed by atoms with Gasteiger partial charge in [-0.2, -0.15) is 0 Å². The molecule has 1 aromatic carbocycles. The normalized spacial score (nSPS) is 11.0. The van der Waals surface area contributed by atoms with E-state index in [0.717, 1.165) is 26.9 Å². The van der Waals surface area contributed by atoms with Crippen LogP contribution in [0.15, 0.2) is 34.9 Å². The van der Waals surface area contributed by atoms with Gasteiger partial charge in [0.25, 0.3) is 5.91 Å². The summed E-state index contributed by atoms with van der Waals surface area (Å²) >= 11 is 3.52.